The minimum atomic E-state index is 0.311. The number of likely N-dealkylation sites (N-methyl/N-ethyl adjacent to an activating group) is 1. The molecule has 1 aromatic heterocycles. The molecule has 0 bridgehead atoms. The molecule has 1 aliphatic heterocycles. The van der Waals surface area contributed by atoms with Crippen molar-refractivity contribution in [1.82, 2.24) is 14.9 Å². The fraction of sp³-hybridized carbons (Fsp3) is 0.333. The van der Waals surface area contributed by atoms with Gasteiger partial charge in [-0.3, -0.25) is 0 Å². The van der Waals surface area contributed by atoms with E-state index in [1.807, 2.05) is 6.07 Å². The molecule has 2 aromatic rings. The molecule has 0 atom stereocenters. The van der Waals surface area contributed by atoms with Gasteiger partial charge in [-0.05, 0) is 25.2 Å². The Labute approximate surface area is 119 Å². The number of hydrogen-bond acceptors (Lipinski definition) is 5. The summed E-state index contributed by atoms with van der Waals surface area (Å²) in [6.45, 7) is 4.39. The van der Waals surface area contributed by atoms with Gasteiger partial charge in [0, 0.05) is 43.6 Å². The van der Waals surface area contributed by atoms with Crippen LogP contribution in [0.2, 0.25) is 0 Å². The molecule has 104 valence electrons. The van der Waals surface area contributed by atoms with Gasteiger partial charge < -0.3 is 15.5 Å². The molecule has 0 amide bonds. The van der Waals surface area contributed by atoms with Gasteiger partial charge in [-0.2, -0.15) is 0 Å². The Morgan fingerprint density at radius 1 is 1.00 bits per heavy atom. The third-order valence-electron chi connectivity index (χ3n) is 3.71. The minimum Gasteiger partial charge on any atom is -0.369 e. The molecule has 5 nitrogen and oxygen atoms in total. The van der Waals surface area contributed by atoms with Crippen LogP contribution in [0.3, 0.4) is 0 Å². The molecular weight excluding hydrogens is 250 g/mol. The van der Waals surface area contributed by atoms with E-state index in [0.717, 1.165) is 37.4 Å². The Morgan fingerprint density at radius 3 is 2.35 bits per heavy atom. The molecule has 2 N–H and O–H groups in total. The third kappa shape index (κ3) is 2.72. The van der Waals surface area contributed by atoms with Crippen molar-refractivity contribution in [2.24, 2.45) is 0 Å². The molecule has 1 saturated heterocycles. The maximum absolute atomic E-state index is 5.62. The zero-order valence-electron chi connectivity index (χ0n) is 11.7. The van der Waals surface area contributed by atoms with Crippen molar-refractivity contribution in [3.05, 3.63) is 36.5 Å². The number of hydrogen-bond donors (Lipinski definition) is 1. The van der Waals surface area contributed by atoms with Gasteiger partial charge in [0.25, 0.3) is 0 Å². The van der Waals surface area contributed by atoms with Crippen LogP contribution in [0.5, 0.6) is 0 Å². The highest BCUT2D eigenvalue weighted by Crippen LogP contribution is 2.22. The predicted octanol–water partition coefficient (Wildman–Crippen LogP) is 1.48. The van der Waals surface area contributed by atoms with Gasteiger partial charge in [0.15, 0.2) is 0 Å². The summed E-state index contributed by atoms with van der Waals surface area (Å²) in [4.78, 5) is 12.9. The first kappa shape index (κ1) is 12.9. The van der Waals surface area contributed by atoms with E-state index in [0.29, 0.717) is 5.95 Å². The van der Waals surface area contributed by atoms with Gasteiger partial charge >= 0.3 is 0 Å². The van der Waals surface area contributed by atoms with Crippen LogP contribution in [0.4, 0.5) is 11.6 Å². The first-order valence-electron chi connectivity index (χ1n) is 6.85. The van der Waals surface area contributed by atoms with Crippen molar-refractivity contribution in [3.8, 4) is 11.3 Å². The summed E-state index contributed by atoms with van der Waals surface area (Å²) in [7, 11) is 2.17. The van der Waals surface area contributed by atoms with Crippen LogP contribution in [-0.2, 0) is 0 Å². The van der Waals surface area contributed by atoms with Gasteiger partial charge in [-0.15, -0.1) is 0 Å². The maximum Gasteiger partial charge on any atom is 0.220 e. The molecule has 2 heterocycles. The van der Waals surface area contributed by atoms with Gasteiger partial charge in [0.1, 0.15) is 0 Å². The first-order chi connectivity index (χ1) is 9.72. The summed E-state index contributed by atoms with van der Waals surface area (Å²) in [5.74, 6) is 0.311. The SMILES string of the molecule is CN1CCN(c2ccc(-c3ccnc(N)n3)cc2)CC1. The molecule has 0 spiro atoms. The minimum absolute atomic E-state index is 0.311. The Bertz CT molecular complexity index is 573. The fourth-order valence-electron chi connectivity index (χ4n) is 2.44. The smallest absolute Gasteiger partial charge is 0.220 e. The zero-order chi connectivity index (χ0) is 13.9. The number of benzene rings is 1. The van der Waals surface area contributed by atoms with Gasteiger partial charge in [-0.1, -0.05) is 12.1 Å². The average Bonchev–Trinajstić information content (AvgIpc) is 2.48. The lowest BCUT2D eigenvalue weighted by Crippen LogP contribution is -2.44. The number of nitrogens with two attached hydrogens (primary N) is 1. The second-order valence-corrected chi connectivity index (χ2v) is 5.14. The Hall–Kier alpha value is -2.14. The van der Waals surface area contributed by atoms with Crippen molar-refractivity contribution in [2.75, 3.05) is 43.9 Å². The zero-order valence-corrected chi connectivity index (χ0v) is 11.7. The van der Waals surface area contributed by atoms with Crippen molar-refractivity contribution in [3.63, 3.8) is 0 Å². The van der Waals surface area contributed by atoms with Crippen molar-refractivity contribution in [1.29, 1.82) is 0 Å². The molecule has 3 rings (SSSR count). The van der Waals surface area contributed by atoms with Crippen molar-refractivity contribution < 1.29 is 0 Å². The van der Waals surface area contributed by atoms with Crippen LogP contribution in [-0.4, -0.2) is 48.1 Å². The van der Waals surface area contributed by atoms with Crippen molar-refractivity contribution in [2.45, 2.75) is 0 Å². The Balaban J connectivity index is 1.78. The average molecular weight is 269 g/mol. The van der Waals surface area contributed by atoms with Crippen LogP contribution < -0.4 is 10.6 Å². The van der Waals surface area contributed by atoms with Crippen LogP contribution in [0.25, 0.3) is 11.3 Å². The normalized spacial score (nSPS) is 16.4. The van der Waals surface area contributed by atoms with E-state index >= 15 is 0 Å². The predicted molar refractivity (Wildman–Crippen MR) is 81.6 cm³/mol. The van der Waals surface area contributed by atoms with E-state index in [4.69, 9.17) is 5.73 Å². The number of aromatic nitrogens is 2. The largest absolute Gasteiger partial charge is 0.369 e. The van der Waals surface area contributed by atoms with E-state index in [9.17, 15) is 0 Å². The van der Waals surface area contributed by atoms with Gasteiger partial charge in [0.05, 0.1) is 5.69 Å². The van der Waals surface area contributed by atoms with E-state index in [1.54, 1.807) is 6.20 Å². The lowest BCUT2D eigenvalue weighted by Gasteiger charge is -2.34. The van der Waals surface area contributed by atoms with Crippen LogP contribution in [0, 0.1) is 0 Å². The van der Waals surface area contributed by atoms with Gasteiger partial charge in [0.2, 0.25) is 5.95 Å². The topological polar surface area (TPSA) is 58.3 Å². The molecule has 5 heteroatoms. The quantitative estimate of drug-likeness (QED) is 0.895. The Morgan fingerprint density at radius 2 is 1.70 bits per heavy atom. The third-order valence-corrected chi connectivity index (χ3v) is 3.71. The molecule has 0 unspecified atom stereocenters. The molecule has 1 aromatic carbocycles. The second kappa shape index (κ2) is 5.46. The summed E-state index contributed by atoms with van der Waals surface area (Å²) in [6.07, 6.45) is 1.69. The fourth-order valence-corrected chi connectivity index (χ4v) is 2.44. The second-order valence-electron chi connectivity index (χ2n) is 5.14. The molecule has 0 saturated carbocycles. The van der Waals surface area contributed by atoms with Crippen LogP contribution in [0.15, 0.2) is 36.5 Å². The highest BCUT2D eigenvalue weighted by molar-refractivity contribution is 5.63. The molecule has 20 heavy (non-hydrogen) atoms. The maximum atomic E-state index is 5.62. The van der Waals surface area contributed by atoms with E-state index in [1.165, 1.54) is 5.69 Å². The molecule has 0 radical (unpaired) electrons. The summed E-state index contributed by atoms with van der Waals surface area (Å²) >= 11 is 0. The highest BCUT2D eigenvalue weighted by atomic mass is 15.2. The number of rotatable bonds is 2. The Kier molecular flexibility index (Phi) is 3.52. The van der Waals surface area contributed by atoms with Gasteiger partial charge in [-0.25, -0.2) is 9.97 Å². The molecule has 1 aliphatic rings. The van der Waals surface area contributed by atoms with Crippen LogP contribution >= 0.6 is 0 Å². The first-order valence-corrected chi connectivity index (χ1v) is 6.85. The van der Waals surface area contributed by atoms with E-state index in [2.05, 4.69) is 51.1 Å². The summed E-state index contributed by atoms with van der Waals surface area (Å²) < 4.78 is 0. The highest BCUT2D eigenvalue weighted by Gasteiger charge is 2.14. The molecular formula is C15H19N5. The standard InChI is InChI=1S/C15H19N5/c1-19-8-10-20(11-9-19)13-4-2-12(3-5-13)14-6-7-17-15(16)18-14/h2-7H,8-11H2,1H3,(H2,16,17,18). The number of nitrogen functional groups attached to an aromatic ring is 1. The number of anilines is 2. The molecule has 1 fully saturated rings. The monoisotopic (exact) mass is 269 g/mol. The number of piperazine rings is 1. The number of nitrogens with zero attached hydrogens (tertiary/aromatic N) is 4. The summed E-state index contributed by atoms with van der Waals surface area (Å²) in [5.41, 5.74) is 8.82. The lowest BCUT2D eigenvalue weighted by atomic mass is 10.1. The van der Waals surface area contributed by atoms with E-state index < -0.39 is 0 Å². The lowest BCUT2D eigenvalue weighted by molar-refractivity contribution is 0.313. The van der Waals surface area contributed by atoms with Crippen LogP contribution in [0.1, 0.15) is 0 Å². The summed E-state index contributed by atoms with van der Waals surface area (Å²) in [5, 5.41) is 0. The molecule has 0 aliphatic carbocycles. The van der Waals surface area contributed by atoms with Crippen molar-refractivity contribution >= 4 is 11.6 Å². The van der Waals surface area contributed by atoms with E-state index in [-0.39, 0.29) is 0 Å². The summed E-state index contributed by atoms with van der Waals surface area (Å²) in [6, 6.07) is 10.4.